The van der Waals surface area contributed by atoms with Gasteiger partial charge in [-0.05, 0) is 41.7 Å². The van der Waals surface area contributed by atoms with E-state index in [0.29, 0.717) is 6.54 Å². The topological polar surface area (TPSA) is 63.4 Å². The predicted molar refractivity (Wildman–Crippen MR) is 78.4 cm³/mol. The molecule has 1 aromatic heterocycles. The molecule has 102 valence electrons. The summed E-state index contributed by atoms with van der Waals surface area (Å²) in [6, 6.07) is 8.24. The lowest BCUT2D eigenvalue weighted by Gasteiger charge is -2.21. The minimum atomic E-state index is -3.57. The summed E-state index contributed by atoms with van der Waals surface area (Å²) in [7, 11) is -3.57. The van der Waals surface area contributed by atoms with Crippen molar-refractivity contribution in [1.82, 2.24) is 4.31 Å². The average molecular weight is 296 g/mol. The Morgan fingerprint density at radius 3 is 2.95 bits per heavy atom. The Kier molecular flexibility index (Phi) is 3.34. The van der Waals surface area contributed by atoms with Gasteiger partial charge in [0.15, 0.2) is 0 Å². The molecule has 1 fully saturated rings. The Morgan fingerprint density at radius 2 is 2.16 bits per heavy atom. The number of thiophene rings is 1. The molecule has 0 amide bonds. The third-order valence-electron chi connectivity index (χ3n) is 3.67. The Balaban J connectivity index is 1.89. The van der Waals surface area contributed by atoms with Gasteiger partial charge in [-0.3, -0.25) is 0 Å². The maximum atomic E-state index is 11.5. The summed E-state index contributed by atoms with van der Waals surface area (Å²) < 4.78 is 25.8. The molecular weight excluding hydrogens is 280 g/mol. The third-order valence-corrected chi connectivity index (χ3v) is 5.81. The summed E-state index contributed by atoms with van der Waals surface area (Å²) in [4.78, 5) is 0. The van der Waals surface area contributed by atoms with E-state index in [0.717, 1.165) is 19.3 Å². The number of hydrogen-bond donors (Lipinski definition) is 1. The zero-order chi connectivity index (χ0) is 13.5. The van der Waals surface area contributed by atoms with Crippen LogP contribution in [0.2, 0.25) is 0 Å². The molecule has 0 radical (unpaired) electrons. The van der Waals surface area contributed by atoms with Gasteiger partial charge < -0.3 is 0 Å². The molecule has 2 heterocycles. The smallest absolute Gasteiger partial charge is 0.216 e. The molecule has 1 atom stereocenters. The highest BCUT2D eigenvalue weighted by molar-refractivity contribution is 7.86. The Labute approximate surface area is 117 Å². The summed E-state index contributed by atoms with van der Waals surface area (Å²) in [5, 5.41) is 8.63. The van der Waals surface area contributed by atoms with Gasteiger partial charge in [0.25, 0.3) is 10.2 Å². The van der Waals surface area contributed by atoms with Crippen LogP contribution < -0.4 is 5.14 Å². The molecule has 2 aromatic rings. The fourth-order valence-electron chi connectivity index (χ4n) is 2.79. The van der Waals surface area contributed by atoms with Gasteiger partial charge in [0.1, 0.15) is 0 Å². The van der Waals surface area contributed by atoms with Gasteiger partial charge in [0, 0.05) is 17.3 Å². The molecule has 0 spiro atoms. The van der Waals surface area contributed by atoms with Gasteiger partial charge in [0.2, 0.25) is 0 Å². The molecule has 6 heteroatoms. The first kappa shape index (κ1) is 13.1. The average Bonchev–Trinajstić information content (AvgIpc) is 2.97. The molecule has 0 saturated carbocycles. The van der Waals surface area contributed by atoms with E-state index in [2.05, 4.69) is 17.5 Å². The number of nitrogens with two attached hydrogens (primary N) is 1. The summed E-state index contributed by atoms with van der Waals surface area (Å²) in [6.45, 7) is 0.547. The zero-order valence-corrected chi connectivity index (χ0v) is 12.1. The van der Waals surface area contributed by atoms with Crippen LogP contribution in [-0.2, 0) is 16.6 Å². The summed E-state index contributed by atoms with van der Waals surface area (Å²) in [6.07, 6.45) is 2.53. The normalized spacial score (nSPS) is 21.2. The van der Waals surface area contributed by atoms with E-state index in [-0.39, 0.29) is 6.04 Å². The number of rotatable bonds is 3. The molecular formula is C13H16N2O2S2. The molecule has 19 heavy (non-hydrogen) atoms. The zero-order valence-electron chi connectivity index (χ0n) is 10.5. The van der Waals surface area contributed by atoms with E-state index in [1.807, 2.05) is 12.1 Å². The van der Waals surface area contributed by atoms with E-state index in [1.165, 1.54) is 20.0 Å². The van der Waals surface area contributed by atoms with E-state index < -0.39 is 10.2 Å². The Morgan fingerprint density at radius 1 is 1.37 bits per heavy atom. The van der Waals surface area contributed by atoms with Crippen molar-refractivity contribution in [3.8, 4) is 0 Å². The van der Waals surface area contributed by atoms with E-state index in [4.69, 9.17) is 5.14 Å². The molecule has 1 aliphatic rings. The van der Waals surface area contributed by atoms with E-state index in [1.54, 1.807) is 11.3 Å². The third kappa shape index (κ3) is 2.53. The van der Waals surface area contributed by atoms with Crippen LogP contribution in [0, 0.1) is 0 Å². The van der Waals surface area contributed by atoms with Crippen molar-refractivity contribution < 1.29 is 8.42 Å². The number of benzene rings is 1. The first-order chi connectivity index (χ1) is 9.05. The van der Waals surface area contributed by atoms with Crippen molar-refractivity contribution in [1.29, 1.82) is 0 Å². The van der Waals surface area contributed by atoms with Gasteiger partial charge in [-0.1, -0.05) is 18.2 Å². The van der Waals surface area contributed by atoms with Crippen molar-refractivity contribution in [2.24, 2.45) is 5.14 Å². The minimum absolute atomic E-state index is 0.00741. The Hall–Kier alpha value is -0.950. The van der Waals surface area contributed by atoms with Crippen LogP contribution in [0.15, 0.2) is 29.6 Å². The van der Waals surface area contributed by atoms with Crippen molar-refractivity contribution >= 4 is 31.6 Å². The second-order valence-corrected chi connectivity index (χ2v) is 7.32. The molecule has 1 unspecified atom stereocenters. The van der Waals surface area contributed by atoms with Crippen molar-refractivity contribution in [2.45, 2.75) is 25.3 Å². The van der Waals surface area contributed by atoms with Gasteiger partial charge in [-0.25, -0.2) is 5.14 Å². The van der Waals surface area contributed by atoms with Gasteiger partial charge in [-0.15, -0.1) is 11.3 Å². The molecule has 1 aromatic carbocycles. The molecule has 0 bridgehead atoms. The van der Waals surface area contributed by atoms with Gasteiger partial charge in [-0.2, -0.15) is 12.7 Å². The summed E-state index contributed by atoms with van der Waals surface area (Å²) in [5.41, 5.74) is 1.22. The molecule has 3 rings (SSSR count). The van der Waals surface area contributed by atoms with Crippen LogP contribution >= 0.6 is 11.3 Å². The first-order valence-electron chi connectivity index (χ1n) is 6.30. The maximum Gasteiger partial charge on any atom is 0.277 e. The van der Waals surface area contributed by atoms with Crippen molar-refractivity contribution in [2.75, 3.05) is 6.54 Å². The molecule has 1 saturated heterocycles. The van der Waals surface area contributed by atoms with E-state index >= 15 is 0 Å². The van der Waals surface area contributed by atoms with E-state index in [9.17, 15) is 8.42 Å². The largest absolute Gasteiger partial charge is 0.277 e. The number of hydrogen-bond acceptors (Lipinski definition) is 3. The Bertz CT molecular complexity index is 693. The summed E-state index contributed by atoms with van der Waals surface area (Å²) >= 11 is 1.71. The number of fused-ring (bicyclic) bond motifs is 1. The van der Waals surface area contributed by atoms with Gasteiger partial charge >= 0.3 is 0 Å². The van der Waals surface area contributed by atoms with Crippen LogP contribution in [-0.4, -0.2) is 25.3 Å². The first-order valence-corrected chi connectivity index (χ1v) is 8.68. The van der Waals surface area contributed by atoms with Crippen LogP contribution in [0.25, 0.3) is 10.1 Å². The fourth-order valence-corrected chi connectivity index (χ4v) is 4.75. The van der Waals surface area contributed by atoms with Crippen molar-refractivity contribution in [3.05, 3.63) is 35.2 Å². The van der Waals surface area contributed by atoms with Crippen LogP contribution in [0.5, 0.6) is 0 Å². The monoisotopic (exact) mass is 296 g/mol. The number of nitrogens with zero attached hydrogens (tertiary/aromatic N) is 1. The summed E-state index contributed by atoms with van der Waals surface area (Å²) in [5.74, 6) is 0. The molecule has 0 aliphatic carbocycles. The fraction of sp³-hybridized carbons (Fsp3) is 0.385. The molecule has 4 nitrogen and oxygen atoms in total. The van der Waals surface area contributed by atoms with Gasteiger partial charge in [0.05, 0.1) is 0 Å². The van der Waals surface area contributed by atoms with Crippen LogP contribution in [0.3, 0.4) is 0 Å². The second-order valence-electron chi connectivity index (χ2n) is 4.91. The lowest BCUT2D eigenvalue weighted by atomic mass is 10.0. The highest BCUT2D eigenvalue weighted by Gasteiger charge is 2.32. The lowest BCUT2D eigenvalue weighted by Crippen LogP contribution is -2.41. The van der Waals surface area contributed by atoms with Crippen LogP contribution in [0.1, 0.15) is 18.4 Å². The minimum Gasteiger partial charge on any atom is -0.216 e. The molecule has 1 aliphatic heterocycles. The highest BCUT2D eigenvalue weighted by Crippen LogP contribution is 2.30. The SMILES string of the molecule is NS(=O)(=O)N1CCCC1Cc1csc2ccccc12. The predicted octanol–water partition coefficient (Wildman–Crippen LogP) is 2.11. The quantitative estimate of drug-likeness (QED) is 0.943. The molecule has 2 N–H and O–H groups in total. The highest BCUT2D eigenvalue weighted by atomic mass is 32.2. The second kappa shape index (κ2) is 4.86. The van der Waals surface area contributed by atoms with Crippen molar-refractivity contribution in [3.63, 3.8) is 0 Å². The lowest BCUT2D eigenvalue weighted by molar-refractivity contribution is 0.387. The standard InChI is InChI=1S/C13H16N2O2S2/c14-19(16,17)15-7-3-4-11(15)8-10-9-18-13-6-2-1-5-12(10)13/h1-2,5-6,9,11H,3-4,7-8H2,(H2,14,16,17). The maximum absolute atomic E-state index is 11.5. The van der Waals surface area contributed by atoms with Crippen LogP contribution in [0.4, 0.5) is 0 Å².